The number of nitrogen functional groups attached to an aromatic ring is 1. The molecule has 0 spiro atoms. The van der Waals surface area contributed by atoms with Crippen molar-refractivity contribution in [2.45, 2.75) is 0 Å². The van der Waals surface area contributed by atoms with Crippen molar-refractivity contribution in [2.24, 2.45) is 0 Å². The van der Waals surface area contributed by atoms with E-state index < -0.39 is 0 Å². The summed E-state index contributed by atoms with van der Waals surface area (Å²) in [6.07, 6.45) is 3.22. The van der Waals surface area contributed by atoms with Crippen LogP contribution in [0.2, 0.25) is 5.02 Å². The Kier molecular flexibility index (Phi) is 5.71. The molecule has 2 aromatic heterocycles. The molecule has 0 unspecified atom stereocenters. The molecule has 0 aliphatic carbocycles. The van der Waals surface area contributed by atoms with Crippen molar-refractivity contribution < 1.29 is 4.74 Å². The number of halogens is 2. The summed E-state index contributed by atoms with van der Waals surface area (Å²) in [5.41, 5.74) is 8.71. The molecular weight excluding hydrogens is 492 g/mol. The van der Waals surface area contributed by atoms with Crippen molar-refractivity contribution in [3.05, 3.63) is 70.6 Å². The third kappa shape index (κ3) is 4.03. The quantitative estimate of drug-likeness (QED) is 0.406. The van der Waals surface area contributed by atoms with E-state index in [-0.39, 0.29) is 0 Å². The van der Waals surface area contributed by atoms with Crippen LogP contribution in [0.25, 0.3) is 10.9 Å². The van der Waals surface area contributed by atoms with Gasteiger partial charge in [-0.2, -0.15) is 4.98 Å². The Labute approximate surface area is 198 Å². The standard InChI is InChI=1S/C23H20BrClN6O/c24-18-6-7-19(21-17(18)5-2-8-27-21)32-23-20(26)22(28-14-29-23)31-11-9-30(10-12-31)16-4-1-3-15(25)13-16/h1-8,13-14H,9-12,26H2. The highest BCUT2D eigenvalue weighted by Crippen LogP contribution is 2.36. The van der Waals surface area contributed by atoms with Gasteiger partial charge in [0.1, 0.15) is 17.5 Å². The second-order valence-electron chi connectivity index (χ2n) is 7.42. The Hall–Kier alpha value is -3.10. The summed E-state index contributed by atoms with van der Waals surface area (Å²) in [7, 11) is 0. The summed E-state index contributed by atoms with van der Waals surface area (Å²) in [4.78, 5) is 17.6. The summed E-state index contributed by atoms with van der Waals surface area (Å²) in [5, 5.41) is 1.69. The second-order valence-corrected chi connectivity index (χ2v) is 8.71. The minimum Gasteiger partial charge on any atom is -0.435 e. The summed E-state index contributed by atoms with van der Waals surface area (Å²) >= 11 is 9.70. The topological polar surface area (TPSA) is 80.4 Å². The largest absolute Gasteiger partial charge is 0.435 e. The first-order chi connectivity index (χ1) is 15.6. The molecule has 0 amide bonds. The fraction of sp³-hybridized carbons (Fsp3) is 0.174. The molecule has 3 heterocycles. The van der Waals surface area contributed by atoms with Gasteiger partial charge in [0.2, 0.25) is 5.88 Å². The van der Waals surface area contributed by atoms with Crippen molar-refractivity contribution in [2.75, 3.05) is 41.7 Å². The molecule has 2 aromatic carbocycles. The van der Waals surface area contributed by atoms with Crippen LogP contribution in [0.4, 0.5) is 17.2 Å². The molecule has 162 valence electrons. The monoisotopic (exact) mass is 510 g/mol. The highest BCUT2D eigenvalue weighted by atomic mass is 79.9. The molecule has 1 saturated heterocycles. The van der Waals surface area contributed by atoms with Crippen LogP contribution in [0.1, 0.15) is 0 Å². The average Bonchev–Trinajstić information content (AvgIpc) is 2.82. The van der Waals surface area contributed by atoms with Crippen LogP contribution in [0.15, 0.2) is 65.5 Å². The van der Waals surface area contributed by atoms with Gasteiger partial charge in [0.15, 0.2) is 11.6 Å². The van der Waals surface area contributed by atoms with E-state index in [1.54, 1.807) is 6.20 Å². The number of anilines is 3. The van der Waals surface area contributed by atoms with Crippen LogP contribution < -0.4 is 20.3 Å². The Bertz CT molecular complexity index is 1280. The van der Waals surface area contributed by atoms with Crippen molar-refractivity contribution in [3.8, 4) is 11.6 Å². The molecule has 0 atom stereocenters. The van der Waals surface area contributed by atoms with E-state index in [1.807, 2.05) is 42.5 Å². The molecule has 1 fully saturated rings. The van der Waals surface area contributed by atoms with Gasteiger partial charge < -0.3 is 20.3 Å². The fourth-order valence-electron chi connectivity index (χ4n) is 3.85. The SMILES string of the molecule is Nc1c(Oc2ccc(Br)c3cccnc23)ncnc1N1CCN(c2cccc(Cl)c2)CC1. The molecule has 4 aromatic rings. The number of fused-ring (bicyclic) bond motifs is 1. The lowest BCUT2D eigenvalue weighted by Gasteiger charge is -2.37. The number of aromatic nitrogens is 3. The van der Waals surface area contributed by atoms with Crippen molar-refractivity contribution in [1.29, 1.82) is 0 Å². The number of nitrogens with two attached hydrogens (primary N) is 1. The summed E-state index contributed by atoms with van der Waals surface area (Å²) < 4.78 is 7.05. The lowest BCUT2D eigenvalue weighted by molar-refractivity contribution is 0.468. The zero-order chi connectivity index (χ0) is 22.1. The summed E-state index contributed by atoms with van der Waals surface area (Å²) in [6.45, 7) is 3.22. The predicted molar refractivity (Wildman–Crippen MR) is 132 cm³/mol. The predicted octanol–water partition coefficient (Wildman–Crippen LogP) is 5.14. The smallest absolute Gasteiger partial charge is 0.248 e. The van der Waals surface area contributed by atoms with Gasteiger partial charge in [-0.3, -0.25) is 4.98 Å². The maximum Gasteiger partial charge on any atom is 0.248 e. The van der Waals surface area contributed by atoms with Crippen LogP contribution >= 0.6 is 27.5 Å². The van der Waals surface area contributed by atoms with Gasteiger partial charge in [0.05, 0.1) is 0 Å². The van der Waals surface area contributed by atoms with E-state index in [4.69, 9.17) is 22.1 Å². The molecule has 0 radical (unpaired) electrons. The molecule has 0 bridgehead atoms. The number of ether oxygens (including phenoxy) is 1. The third-order valence-corrected chi connectivity index (χ3v) is 6.39. The number of hydrogen-bond acceptors (Lipinski definition) is 7. The van der Waals surface area contributed by atoms with Gasteiger partial charge in [-0.25, -0.2) is 4.98 Å². The number of pyridine rings is 1. The average molecular weight is 512 g/mol. The van der Waals surface area contributed by atoms with E-state index in [1.165, 1.54) is 6.33 Å². The number of rotatable bonds is 4. The molecule has 1 aliphatic heterocycles. The first kappa shape index (κ1) is 20.8. The maximum atomic E-state index is 6.45. The highest BCUT2D eigenvalue weighted by molar-refractivity contribution is 9.10. The Morgan fingerprint density at radius 2 is 1.75 bits per heavy atom. The first-order valence-electron chi connectivity index (χ1n) is 10.2. The minimum atomic E-state index is 0.321. The third-order valence-electron chi connectivity index (χ3n) is 5.46. The molecule has 9 heteroatoms. The van der Waals surface area contributed by atoms with E-state index in [9.17, 15) is 0 Å². The van der Waals surface area contributed by atoms with Crippen LogP contribution in [-0.4, -0.2) is 41.1 Å². The van der Waals surface area contributed by atoms with Gasteiger partial charge in [-0.05, 0) is 36.4 Å². The lowest BCUT2D eigenvalue weighted by Crippen LogP contribution is -2.47. The lowest BCUT2D eigenvalue weighted by atomic mass is 10.2. The van der Waals surface area contributed by atoms with Crippen LogP contribution in [0.5, 0.6) is 11.6 Å². The van der Waals surface area contributed by atoms with Crippen LogP contribution in [-0.2, 0) is 0 Å². The van der Waals surface area contributed by atoms with E-state index in [0.29, 0.717) is 23.1 Å². The van der Waals surface area contributed by atoms with Crippen molar-refractivity contribution >= 4 is 55.6 Å². The molecule has 1 aliphatic rings. The molecule has 0 saturated carbocycles. The van der Waals surface area contributed by atoms with Gasteiger partial charge >= 0.3 is 0 Å². The van der Waals surface area contributed by atoms with E-state index >= 15 is 0 Å². The Morgan fingerprint density at radius 3 is 2.56 bits per heavy atom. The summed E-state index contributed by atoms with van der Waals surface area (Å²) in [5.74, 6) is 1.59. The van der Waals surface area contributed by atoms with Gasteiger partial charge in [0, 0.05) is 52.9 Å². The van der Waals surface area contributed by atoms with Crippen LogP contribution in [0.3, 0.4) is 0 Å². The highest BCUT2D eigenvalue weighted by Gasteiger charge is 2.22. The van der Waals surface area contributed by atoms with E-state index in [2.05, 4.69) is 46.7 Å². The van der Waals surface area contributed by atoms with Crippen molar-refractivity contribution in [1.82, 2.24) is 15.0 Å². The zero-order valence-electron chi connectivity index (χ0n) is 17.1. The molecule has 2 N–H and O–H groups in total. The van der Waals surface area contributed by atoms with Crippen molar-refractivity contribution in [3.63, 3.8) is 0 Å². The molecular formula is C23H20BrClN6O. The Balaban J connectivity index is 1.37. The first-order valence-corrected chi connectivity index (χ1v) is 11.3. The second kappa shape index (κ2) is 8.80. The number of nitrogens with zero attached hydrogens (tertiary/aromatic N) is 5. The van der Waals surface area contributed by atoms with Gasteiger partial charge in [-0.15, -0.1) is 0 Å². The van der Waals surface area contributed by atoms with E-state index in [0.717, 1.165) is 52.3 Å². The normalized spacial score (nSPS) is 14.1. The van der Waals surface area contributed by atoms with Gasteiger partial charge in [-0.1, -0.05) is 39.7 Å². The zero-order valence-corrected chi connectivity index (χ0v) is 19.4. The molecule has 7 nitrogen and oxygen atoms in total. The Morgan fingerprint density at radius 1 is 0.938 bits per heavy atom. The van der Waals surface area contributed by atoms with Gasteiger partial charge in [0.25, 0.3) is 0 Å². The molecule has 32 heavy (non-hydrogen) atoms. The number of piperazine rings is 1. The maximum absolute atomic E-state index is 6.45. The summed E-state index contributed by atoms with van der Waals surface area (Å²) in [6, 6.07) is 15.6. The molecule has 5 rings (SSSR count). The van der Waals surface area contributed by atoms with Crippen LogP contribution in [0, 0.1) is 0 Å². The fourth-order valence-corrected chi connectivity index (χ4v) is 4.49. The number of benzene rings is 2. The number of hydrogen-bond donors (Lipinski definition) is 1. The minimum absolute atomic E-state index is 0.321.